The fourth-order valence-electron chi connectivity index (χ4n) is 4.51. The predicted molar refractivity (Wildman–Crippen MR) is 143 cm³/mol. The van der Waals surface area contributed by atoms with Crippen LogP contribution in [0.4, 0.5) is 0 Å². The van der Waals surface area contributed by atoms with E-state index < -0.39 is 0 Å². The number of nitrogens with zero attached hydrogens (tertiary/aromatic N) is 1. The first-order chi connectivity index (χ1) is 15.7. The van der Waals surface area contributed by atoms with Crippen molar-refractivity contribution in [3.05, 3.63) is 65.4 Å². The van der Waals surface area contributed by atoms with Gasteiger partial charge in [0.1, 0.15) is 11.5 Å². The molecule has 0 fully saturated rings. The standard InChI is InChI=1S/C28H36N2O2S/c1-6-7-20(24-16-23(18(2)3)26(31)17-27(24)32)9-10-22(28(33)29-4)15-19-8-11-25-21(14-19)12-13-30(25)5/h7-8,11-14,16-18,22,31-32H,6,9-10,15H2,1-5H3,(H,29,33). The third kappa shape index (κ3) is 5.77. The minimum atomic E-state index is 0.124. The van der Waals surface area contributed by atoms with Crippen molar-refractivity contribution in [3.63, 3.8) is 0 Å². The molecule has 0 saturated carbocycles. The summed E-state index contributed by atoms with van der Waals surface area (Å²) in [5, 5.41) is 25.3. The van der Waals surface area contributed by atoms with Gasteiger partial charge in [0.05, 0.1) is 4.99 Å². The van der Waals surface area contributed by atoms with Crippen molar-refractivity contribution in [3.8, 4) is 11.5 Å². The molecule has 0 spiro atoms. The highest BCUT2D eigenvalue weighted by Crippen LogP contribution is 2.38. The van der Waals surface area contributed by atoms with Crippen molar-refractivity contribution >= 4 is 33.7 Å². The van der Waals surface area contributed by atoms with Crippen LogP contribution < -0.4 is 5.32 Å². The molecule has 2 aromatic carbocycles. The average molecular weight is 465 g/mol. The van der Waals surface area contributed by atoms with Crippen molar-refractivity contribution in [2.75, 3.05) is 7.05 Å². The number of fused-ring (bicyclic) bond motifs is 1. The van der Waals surface area contributed by atoms with Crippen LogP contribution in [-0.4, -0.2) is 26.8 Å². The minimum Gasteiger partial charge on any atom is -0.508 e. The predicted octanol–water partition coefficient (Wildman–Crippen LogP) is 6.69. The summed E-state index contributed by atoms with van der Waals surface area (Å²) >= 11 is 5.69. The van der Waals surface area contributed by atoms with E-state index in [2.05, 4.69) is 60.4 Å². The van der Waals surface area contributed by atoms with Crippen LogP contribution >= 0.6 is 12.2 Å². The molecule has 3 N–H and O–H groups in total. The Bertz CT molecular complexity index is 1160. The van der Waals surface area contributed by atoms with Crippen LogP contribution in [0.15, 0.2) is 48.7 Å². The smallest absolute Gasteiger partial charge is 0.126 e. The maximum Gasteiger partial charge on any atom is 0.126 e. The third-order valence-electron chi connectivity index (χ3n) is 6.37. The van der Waals surface area contributed by atoms with E-state index in [-0.39, 0.29) is 23.3 Å². The summed E-state index contributed by atoms with van der Waals surface area (Å²) in [4.78, 5) is 0.858. The Morgan fingerprint density at radius 2 is 1.88 bits per heavy atom. The average Bonchev–Trinajstić information content (AvgIpc) is 3.15. The molecule has 33 heavy (non-hydrogen) atoms. The number of nitrogens with one attached hydrogen (secondary N) is 1. The molecule has 1 atom stereocenters. The third-order valence-corrected chi connectivity index (χ3v) is 6.91. The second-order valence-corrected chi connectivity index (χ2v) is 9.53. The van der Waals surface area contributed by atoms with E-state index in [0.29, 0.717) is 0 Å². The summed E-state index contributed by atoms with van der Waals surface area (Å²) in [6.07, 6.45) is 7.66. The van der Waals surface area contributed by atoms with Gasteiger partial charge in [0.15, 0.2) is 0 Å². The van der Waals surface area contributed by atoms with Crippen molar-refractivity contribution in [2.45, 2.75) is 52.4 Å². The molecule has 3 aromatic rings. The van der Waals surface area contributed by atoms with Crippen LogP contribution in [0, 0.1) is 5.92 Å². The van der Waals surface area contributed by atoms with Gasteiger partial charge < -0.3 is 20.1 Å². The van der Waals surface area contributed by atoms with E-state index in [9.17, 15) is 10.2 Å². The topological polar surface area (TPSA) is 57.4 Å². The lowest BCUT2D eigenvalue weighted by atomic mass is 9.88. The molecule has 1 unspecified atom stereocenters. The normalized spacial score (nSPS) is 13.0. The van der Waals surface area contributed by atoms with Crippen LogP contribution in [0.1, 0.15) is 62.6 Å². The highest BCUT2D eigenvalue weighted by molar-refractivity contribution is 7.80. The largest absolute Gasteiger partial charge is 0.508 e. The van der Waals surface area contributed by atoms with Crippen molar-refractivity contribution in [1.82, 2.24) is 9.88 Å². The van der Waals surface area contributed by atoms with Crippen molar-refractivity contribution < 1.29 is 10.2 Å². The number of hydrogen-bond acceptors (Lipinski definition) is 3. The summed E-state index contributed by atoms with van der Waals surface area (Å²) in [6, 6.07) is 12.2. The van der Waals surface area contributed by atoms with Gasteiger partial charge in [0, 0.05) is 43.4 Å². The van der Waals surface area contributed by atoms with Gasteiger partial charge in [-0.15, -0.1) is 0 Å². The second kappa shape index (κ2) is 10.9. The first kappa shape index (κ1) is 24.8. The number of aromatic hydroxyl groups is 2. The van der Waals surface area contributed by atoms with E-state index >= 15 is 0 Å². The molecule has 3 rings (SSSR count). The number of phenolic OH excluding ortho intramolecular Hbond substituents is 2. The van der Waals surface area contributed by atoms with Crippen LogP contribution in [0.2, 0.25) is 0 Å². The molecule has 0 amide bonds. The lowest BCUT2D eigenvalue weighted by Gasteiger charge is -2.20. The molecule has 0 aliphatic rings. The number of aromatic nitrogens is 1. The van der Waals surface area contributed by atoms with Crippen LogP contribution in [0.25, 0.3) is 16.5 Å². The van der Waals surface area contributed by atoms with Gasteiger partial charge in [0.25, 0.3) is 0 Å². The van der Waals surface area contributed by atoms with Gasteiger partial charge in [-0.2, -0.15) is 0 Å². The van der Waals surface area contributed by atoms with Crippen LogP contribution in [0.5, 0.6) is 11.5 Å². The zero-order valence-corrected chi connectivity index (χ0v) is 21.2. The number of phenols is 2. The van der Waals surface area contributed by atoms with Crippen molar-refractivity contribution in [2.24, 2.45) is 13.0 Å². The summed E-state index contributed by atoms with van der Waals surface area (Å²) < 4.78 is 2.13. The maximum atomic E-state index is 10.6. The van der Waals surface area contributed by atoms with Gasteiger partial charge in [-0.1, -0.05) is 45.1 Å². The molecule has 0 aliphatic carbocycles. The maximum absolute atomic E-state index is 10.6. The Labute approximate surface area is 203 Å². The molecule has 176 valence electrons. The molecule has 1 aromatic heterocycles. The first-order valence-corrected chi connectivity index (χ1v) is 12.2. The summed E-state index contributed by atoms with van der Waals surface area (Å²) in [6.45, 7) is 6.19. The lowest BCUT2D eigenvalue weighted by Crippen LogP contribution is -2.27. The summed E-state index contributed by atoms with van der Waals surface area (Å²) in [7, 11) is 3.95. The molecule has 5 heteroatoms. The zero-order chi connectivity index (χ0) is 24.1. The van der Waals surface area contributed by atoms with Crippen molar-refractivity contribution in [1.29, 1.82) is 0 Å². The molecule has 1 heterocycles. The highest BCUT2D eigenvalue weighted by atomic mass is 32.1. The Morgan fingerprint density at radius 1 is 1.12 bits per heavy atom. The molecule has 0 aliphatic heterocycles. The number of thiocarbonyl (C=S) groups is 1. The summed E-state index contributed by atoms with van der Waals surface area (Å²) in [5.41, 5.74) is 5.25. The van der Waals surface area contributed by atoms with E-state index in [4.69, 9.17) is 12.2 Å². The molecule has 0 saturated heterocycles. The Kier molecular flexibility index (Phi) is 8.20. The molecule has 0 radical (unpaired) electrons. The number of hydrogen-bond donors (Lipinski definition) is 3. The SMILES string of the molecule is CCC=C(CCC(Cc1ccc2c(ccn2C)c1)C(=S)NC)c1cc(C(C)C)c(O)cc1O. The van der Waals surface area contributed by atoms with Gasteiger partial charge in [-0.3, -0.25) is 0 Å². The fraction of sp³-hybridized carbons (Fsp3) is 0.393. The number of aryl methyl sites for hydroxylation is 1. The Balaban J connectivity index is 1.84. The van der Waals surface area contributed by atoms with Gasteiger partial charge >= 0.3 is 0 Å². The number of rotatable bonds is 9. The molecular formula is C28H36N2O2S. The summed E-state index contributed by atoms with van der Waals surface area (Å²) in [5.74, 6) is 0.631. The molecule has 4 nitrogen and oxygen atoms in total. The van der Waals surface area contributed by atoms with Crippen LogP contribution in [0.3, 0.4) is 0 Å². The first-order valence-electron chi connectivity index (χ1n) is 11.8. The Morgan fingerprint density at radius 3 is 2.55 bits per heavy atom. The van der Waals surface area contributed by atoms with E-state index in [1.54, 1.807) is 0 Å². The molecular weight excluding hydrogens is 428 g/mol. The lowest BCUT2D eigenvalue weighted by molar-refractivity contribution is 0.442. The zero-order valence-electron chi connectivity index (χ0n) is 20.4. The monoisotopic (exact) mass is 464 g/mol. The fourth-order valence-corrected chi connectivity index (χ4v) is 4.71. The highest BCUT2D eigenvalue weighted by Gasteiger charge is 2.19. The number of benzene rings is 2. The Hall–Kier alpha value is -2.79. The minimum absolute atomic E-state index is 0.124. The van der Waals surface area contributed by atoms with Gasteiger partial charge in [0.2, 0.25) is 0 Å². The van der Waals surface area contributed by atoms with Gasteiger partial charge in [-0.05, 0) is 78.0 Å². The molecule has 0 bridgehead atoms. The van der Waals surface area contributed by atoms with Gasteiger partial charge in [-0.25, -0.2) is 0 Å². The van der Waals surface area contributed by atoms with E-state index in [0.717, 1.165) is 47.4 Å². The quantitative estimate of drug-likeness (QED) is 0.309. The van der Waals surface area contributed by atoms with E-state index in [1.807, 2.05) is 27.0 Å². The van der Waals surface area contributed by atoms with Crippen LogP contribution in [-0.2, 0) is 13.5 Å². The number of allylic oxidation sites excluding steroid dienone is 2. The van der Waals surface area contributed by atoms with E-state index in [1.165, 1.54) is 22.5 Å². The second-order valence-electron chi connectivity index (χ2n) is 9.09.